The highest BCUT2D eigenvalue weighted by molar-refractivity contribution is 7.10. The Labute approximate surface area is 247 Å². The molecule has 3 amide bonds. The number of thiophene rings is 1. The van der Waals surface area contributed by atoms with E-state index in [-0.39, 0.29) is 37.3 Å². The van der Waals surface area contributed by atoms with E-state index in [0.29, 0.717) is 36.7 Å². The van der Waals surface area contributed by atoms with Crippen molar-refractivity contribution in [2.24, 2.45) is 5.73 Å². The summed E-state index contributed by atoms with van der Waals surface area (Å²) in [7, 11) is 0. The lowest BCUT2D eigenvalue weighted by molar-refractivity contribution is -0.152. The Hall–Kier alpha value is -4.26. The molecule has 1 spiro atoms. The second kappa shape index (κ2) is 12.7. The normalized spacial score (nSPS) is 18.0. The number of carbonyl (C=O) groups excluding carboxylic acids is 3. The van der Waals surface area contributed by atoms with Crippen LogP contribution in [-0.4, -0.2) is 66.6 Å². The molecule has 2 aliphatic rings. The summed E-state index contributed by atoms with van der Waals surface area (Å²) >= 11 is 1.39. The molecule has 1 aromatic heterocycles. The predicted octanol–water partition coefficient (Wildman–Crippen LogP) is 2.56. The molecular weight excluding hydrogens is 558 g/mol. The van der Waals surface area contributed by atoms with Crippen LogP contribution in [0.5, 0.6) is 5.75 Å². The van der Waals surface area contributed by atoms with Gasteiger partial charge in [-0.05, 0) is 42.8 Å². The first-order valence-electron chi connectivity index (χ1n) is 13.6. The zero-order valence-corrected chi connectivity index (χ0v) is 23.9. The summed E-state index contributed by atoms with van der Waals surface area (Å²) in [5, 5.41) is 15.0. The first kappa shape index (κ1) is 29.2. The fourth-order valence-corrected chi connectivity index (χ4v) is 5.86. The minimum atomic E-state index is -1.05. The van der Waals surface area contributed by atoms with Gasteiger partial charge >= 0.3 is 0 Å². The molecule has 0 aliphatic carbocycles. The molecule has 0 radical (unpaired) electrons. The molecule has 5 rings (SSSR count). The lowest BCUT2D eigenvalue weighted by Gasteiger charge is -2.25. The highest BCUT2D eigenvalue weighted by atomic mass is 32.1. The topological polar surface area (TPSA) is 156 Å². The van der Waals surface area contributed by atoms with Crippen LogP contribution < -0.4 is 21.1 Å². The molecule has 3 heterocycles. The molecule has 2 saturated heterocycles. The van der Waals surface area contributed by atoms with E-state index in [2.05, 4.69) is 10.6 Å². The minimum Gasteiger partial charge on any atom is -0.489 e. The number of amides is 3. The average Bonchev–Trinajstić information content (AvgIpc) is 3.76. The number of nitrogens with one attached hydrogen (secondary N) is 3. The molecule has 2 aromatic carbocycles. The SMILES string of the molecule is C[C@@H](NC(=O)C1CC2(CN1C(=O)CNC(=O)c1ccc(OCc3ccccc3)cc1)OCCO2)c1cc(C(=N)N)cs1. The summed E-state index contributed by atoms with van der Waals surface area (Å²) in [5.41, 5.74) is 7.56. The average molecular weight is 592 g/mol. The zero-order chi connectivity index (χ0) is 29.7. The third kappa shape index (κ3) is 6.78. The Kier molecular flexibility index (Phi) is 8.86. The lowest BCUT2D eigenvalue weighted by atomic mass is 10.1. The molecule has 3 aromatic rings. The van der Waals surface area contributed by atoms with E-state index in [1.807, 2.05) is 37.3 Å². The Bertz CT molecular complexity index is 1440. The standard InChI is InChI=1S/C30H33N5O6S/c1-19(25-13-22(17-42-25)27(31)32)34-29(38)24-14-30(40-11-12-41-30)18-35(24)26(36)15-33-28(37)21-7-9-23(10-8-21)39-16-20-5-3-2-4-6-20/h2-10,13,17,19,24H,11-12,14-16,18H2,1H3,(H3,31,32)(H,33,37)(H,34,38)/t19-,24?/m1/s1. The second-order valence-electron chi connectivity index (χ2n) is 10.2. The van der Waals surface area contributed by atoms with Gasteiger partial charge in [-0.15, -0.1) is 11.3 Å². The number of rotatable bonds is 10. The first-order valence-corrected chi connectivity index (χ1v) is 14.5. The molecule has 42 heavy (non-hydrogen) atoms. The molecule has 12 heteroatoms. The highest BCUT2D eigenvalue weighted by Crippen LogP contribution is 2.35. The molecule has 2 fully saturated rings. The van der Waals surface area contributed by atoms with Gasteiger partial charge in [0.05, 0.1) is 32.3 Å². The van der Waals surface area contributed by atoms with E-state index in [9.17, 15) is 14.4 Å². The summed E-state index contributed by atoms with van der Waals surface area (Å²) in [5.74, 6) is -1.68. The predicted molar refractivity (Wildman–Crippen MR) is 156 cm³/mol. The maximum absolute atomic E-state index is 13.4. The number of benzene rings is 2. The van der Waals surface area contributed by atoms with Crippen LogP contribution in [0.2, 0.25) is 0 Å². The van der Waals surface area contributed by atoms with E-state index in [1.54, 1.807) is 35.7 Å². The van der Waals surface area contributed by atoms with Gasteiger partial charge in [-0.2, -0.15) is 0 Å². The van der Waals surface area contributed by atoms with Gasteiger partial charge in [-0.3, -0.25) is 19.8 Å². The van der Waals surface area contributed by atoms with Gasteiger partial charge in [0.1, 0.15) is 24.2 Å². The monoisotopic (exact) mass is 591 g/mol. The molecular formula is C30H33N5O6S. The molecule has 0 bridgehead atoms. The number of carbonyl (C=O) groups is 3. The Balaban J connectivity index is 1.18. The summed E-state index contributed by atoms with van der Waals surface area (Å²) < 4.78 is 17.4. The van der Waals surface area contributed by atoms with Crippen LogP contribution in [0.1, 0.15) is 45.7 Å². The lowest BCUT2D eigenvalue weighted by Crippen LogP contribution is -2.49. The maximum atomic E-state index is 13.4. The molecule has 220 valence electrons. The number of amidine groups is 1. The van der Waals surface area contributed by atoms with Crippen molar-refractivity contribution < 1.29 is 28.6 Å². The summed E-state index contributed by atoms with van der Waals surface area (Å²) in [6.07, 6.45) is 0.179. The minimum absolute atomic E-state index is 0.0459. The van der Waals surface area contributed by atoms with Crippen molar-refractivity contribution in [3.05, 3.63) is 87.6 Å². The van der Waals surface area contributed by atoms with Crippen molar-refractivity contribution in [1.82, 2.24) is 15.5 Å². The first-order chi connectivity index (χ1) is 20.2. The quantitative estimate of drug-likeness (QED) is 0.209. The highest BCUT2D eigenvalue weighted by Gasteiger charge is 2.52. The number of nitrogens with two attached hydrogens (primary N) is 1. The van der Waals surface area contributed by atoms with E-state index >= 15 is 0 Å². The van der Waals surface area contributed by atoms with Crippen LogP contribution in [0, 0.1) is 5.41 Å². The Morgan fingerprint density at radius 2 is 1.83 bits per heavy atom. The van der Waals surface area contributed by atoms with Gasteiger partial charge in [0.2, 0.25) is 11.8 Å². The van der Waals surface area contributed by atoms with Crippen LogP contribution in [0.4, 0.5) is 0 Å². The Morgan fingerprint density at radius 3 is 2.50 bits per heavy atom. The third-order valence-corrected chi connectivity index (χ3v) is 8.33. The number of likely N-dealkylation sites (tertiary alicyclic amines) is 1. The van der Waals surface area contributed by atoms with Crippen molar-refractivity contribution in [2.75, 3.05) is 26.3 Å². The fraction of sp³-hybridized carbons (Fsp3) is 0.333. The second-order valence-corrected chi connectivity index (χ2v) is 11.2. The van der Waals surface area contributed by atoms with Gasteiger partial charge in [0.15, 0.2) is 5.79 Å². The molecule has 5 N–H and O–H groups in total. The number of hydrogen-bond acceptors (Lipinski definition) is 8. The molecule has 0 saturated carbocycles. The largest absolute Gasteiger partial charge is 0.489 e. The van der Waals surface area contributed by atoms with Crippen molar-refractivity contribution in [1.29, 1.82) is 5.41 Å². The van der Waals surface area contributed by atoms with Crippen molar-refractivity contribution in [3.8, 4) is 5.75 Å². The van der Waals surface area contributed by atoms with Crippen LogP contribution in [0.15, 0.2) is 66.0 Å². The van der Waals surface area contributed by atoms with Crippen LogP contribution in [-0.2, 0) is 25.7 Å². The molecule has 1 unspecified atom stereocenters. The van der Waals surface area contributed by atoms with E-state index in [0.717, 1.165) is 10.4 Å². The van der Waals surface area contributed by atoms with Gasteiger partial charge in [-0.25, -0.2) is 0 Å². The van der Waals surface area contributed by atoms with Crippen molar-refractivity contribution in [2.45, 2.75) is 37.8 Å². The molecule has 11 nitrogen and oxygen atoms in total. The number of nitrogens with zero attached hydrogens (tertiary/aromatic N) is 1. The van der Waals surface area contributed by atoms with Gasteiger partial charge in [0.25, 0.3) is 5.91 Å². The van der Waals surface area contributed by atoms with Crippen LogP contribution in [0.3, 0.4) is 0 Å². The van der Waals surface area contributed by atoms with E-state index in [1.165, 1.54) is 16.2 Å². The zero-order valence-electron chi connectivity index (χ0n) is 23.1. The molecule has 2 atom stereocenters. The fourth-order valence-electron chi connectivity index (χ4n) is 4.95. The van der Waals surface area contributed by atoms with Gasteiger partial charge in [-0.1, -0.05) is 30.3 Å². The van der Waals surface area contributed by atoms with Gasteiger partial charge < -0.3 is 35.5 Å². The maximum Gasteiger partial charge on any atom is 0.251 e. The van der Waals surface area contributed by atoms with Gasteiger partial charge in [0, 0.05) is 27.8 Å². The molecule has 2 aliphatic heterocycles. The van der Waals surface area contributed by atoms with E-state index < -0.39 is 23.6 Å². The summed E-state index contributed by atoms with van der Waals surface area (Å²) in [6.45, 7) is 2.76. The number of hydrogen-bond donors (Lipinski definition) is 4. The summed E-state index contributed by atoms with van der Waals surface area (Å²) in [4.78, 5) is 41.7. The summed E-state index contributed by atoms with van der Waals surface area (Å²) in [6, 6.07) is 17.0. The smallest absolute Gasteiger partial charge is 0.251 e. The van der Waals surface area contributed by atoms with E-state index in [4.69, 9.17) is 25.4 Å². The van der Waals surface area contributed by atoms with Crippen LogP contribution >= 0.6 is 11.3 Å². The number of nitrogen functional groups attached to an aromatic ring is 1. The third-order valence-electron chi connectivity index (χ3n) is 7.21. The van der Waals surface area contributed by atoms with Crippen molar-refractivity contribution in [3.63, 3.8) is 0 Å². The van der Waals surface area contributed by atoms with Crippen molar-refractivity contribution >= 4 is 34.9 Å². The Morgan fingerprint density at radius 1 is 1.12 bits per heavy atom. The van der Waals surface area contributed by atoms with Crippen LogP contribution in [0.25, 0.3) is 0 Å². The number of ether oxygens (including phenoxy) is 3.